The molecule has 4 heterocycles. The van der Waals surface area contributed by atoms with Crippen molar-refractivity contribution in [1.29, 1.82) is 0 Å². The van der Waals surface area contributed by atoms with Gasteiger partial charge in [-0.1, -0.05) is 0 Å². The van der Waals surface area contributed by atoms with Crippen LogP contribution < -0.4 is 5.32 Å². The number of halogens is 3. The van der Waals surface area contributed by atoms with Crippen LogP contribution in [0.25, 0.3) is 0 Å². The number of hydrogen-bond donors (Lipinski definition) is 1. The van der Waals surface area contributed by atoms with Crippen LogP contribution in [0.15, 0.2) is 22.8 Å². The molecular formula is C25H25BrF2N4O3. The minimum atomic E-state index is -0.870. The van der Waals surface area contributed by atoms with Crippen molar-refractivity contribution >= 4 is 33.7 Å². The highest BCUT2D eigenvalue weighted by Crippen LogP contribution is 2.37. The van der Waals surface area contributed by atoms with Crippen LogP contribution in [0, 0.1) is 18.6 Å². The molecule has 2 aromatic rings. The Labute approximate surface area is 210 Å². The van der Waals surface area contributed by atoms with Gasteiger partial charge in [0.2, 0.25) is 11.8 Å². The van der Waals surface area contributed by atoms with E-state index in [1.165, 1.54) is 4.90 Å². The van der Waals surface area contributed by atoms with Crippen molar-refractivity contribution in [2.45, 2.75) is 57.7 Å². The first-order valence-corrected chi connectivity index (χ1v) is 12.5. The zero-order valence-electron chi connectivity index (χ0n) is 19.2. The van der Waals surface area contributed by atoms with Crippen LogP contribution in [-0.4, -0.2) is 51.6 Å². The first-order valence-electron chi connectivity index (χ1n) is 11.7. The van der Waals surface area contributed by atoms with Crippen molar-refractivity contribution in [3.63, 3.8) is 0 Å². The second-order valence-electron chi connectivity index (χ2n) is 9.50. The maximum atomic E-state index is 15.7. The van der Waals surface area contributed by atoms with E-state index in [4.69, 9.17) is 0 Å². The number of carbonyl (C=O) groups is 3. The van der Waals surface area contributed by atoms with Crippen molar-refractivity contribution in [3.8, 4) is 0 Å². The average molecular weight is 547 g/mol. The van der Waals surface area contributed by atoms with E-state index in [9.17, 15) is 14.4 Å². The molecule has 0 aliphatic carbocycles. The number of aryl methyl sites for hydroxylation is 1. The number of fused-ring (bicyclic) bond motifs is 1. The lowest BCUT2D eigenvalue weighted by atomic mass is 9.87. The molecule has 184 valence electrons. The van der Waals surface area contributed by atoms with Gasteiger partial charge in [0, 0.05) is 47.2 Å². The van der Waals surface area contributed by atoms with Crippen molar-refractivity contribution in [1.82, 2.24) is 20.1 Å². The highest BCUT2D eigenvalue weighted by molar-refractivity contribution is 9.10. The lowest BCUT2D eigenvalue weighted by Crippen LogP contribution is -2.52. The fraction of sp³-hybridized carbons (Fsp3) is 0.440. The van der Waals surface area contributed by atoms with Gasteiger partial charge in [-0.3, -0.25) is 29.6 Å². The number of hydrogen-bond acceptors (Lipinski definition) is 5. The van der Waals surface area contributed by atoms with E-state index in [2.05, 4.69) is 31.1 Å². The number of likely N-dealkylation sites (tertiary alicyclic amines) is 1. The topological polar surface area (TPSA) is 82.6 Å². The number of rotatable bonds is 4. The number of carbonyl (C=O) groups excluding carboxylic acids is 3. The van der Waals surface area contributed by atoms with E-state index in [0.717, 1.165) is 34.8 Å². The summed E-state index contributed by atoms with van der Waals surface area (Å²) in [6.07, 6.45) is 3.44. The smallest absolute Gasteiger partial charge is 0.255 e. The Hall–Kier alpha value is -2.72. The predicted molar refractivity (Wildman–Crippen MR) is 126 cm³/mol. The molecular weight excluding hydrogens is 522 g/mol. The number of benzene rings is 1. The fourth-order valence-corrected chi connectivity index (χ4v) is 5.85. The molecule has 0 radical (unpaired) electrons. The molecule has 10 heteroatoms. The highest BCUT2D eigenvalue weighted by Gasteiger charge is 2.42. The largest absolute Gasteiger partial charge is 0.322 e. The van der Waals surface area contributed by atoms with Crippen LogP contribution in [0.4, 0.5) is 8.78 Å². The van der Waals surface area contributed by atoms with Gasteiger partial charge in [-0.05, 0) is 66.4 Å². The van der Waals surface area contributed by atoms with Crippen molar-refractivity contribution < 1.29 is 23.2 Å². The van der Waals surface area contributed by atoms with Crippen LogP contribution in [0.2, 0.25) is 0 Å². The number of aromatic nitrogens is 1. The molecule has 1 aromatic carbocycles. The minimum absolute atomic E-state index is 0.00635. The molecule has 5 rings (SSSR count). The number of nitrogens with zero attached hydrogens (tertiary/aromatic N) is 3. The molecule has 35 heavy (non-hydrogen) atoms. The summed E-state index contributed by atoms with van der Waals surface area (Å²) in [7, 11) is 0. The third-order valence-electron chi connectivity index (χ3n) is 7.20. The van der Waals surface area contributed by atoms with Crippen LogP contribution in [0.3, 0.4) is 0 Å². The summed E-state index contributed by atoms with van der Waals surface area (Å²) in [6, 6.07) is 2.24. The standard InChI is InChI=1S/C25H25BrF2N4O3/c1-13-7-15(26)9-29-19(13)12-31-6-2-3-14(10-31)22-18(27)8-16-17(23(22)28)11-32(25(16)35)20-4-5-21(33)30-24(20)34/h7-9,14,20H,2-6,10-12H2,1H3,(H,30,33,34). The third kappa shape index (κ3) is 4.49. The van der Waals surface area contributed by atoms with Gasteiger partial charge < -0.3 is 4.90 Å². The predicted octanol–water partition coefficient (Wildman–Crippen LogP) is 3.57. The van der Waals surface area contributed by atoms with E-state index in [1.807, 2.05) is 13.0 Å². The molecule has 2 atom stereocenters. The Balaban J connectivity index is 1.38. The van der Waals surface area contributed by atoms with Gasteiger partial charge in [0.1, 0.15) is 17.7 Å². The van der Waals surface area contributed by atoms with Gasteiger partial charge in [-0.2, -0.15) is 0 Å². The molecule has 0 saturated carbocycles. The summed E-state index contributed by atoms with van der Waals surface area (Å²) in [5, 5.41) is 2.22. The zero-order valence-corrected chi connectivity index (χ0v) is 20.8. The lowest BCUT2D eigenvalue weighted by Gasteiger charge is -2.33. The molecule has 3 amide bonds. The Bertz CT molecular complexity index is 1240. The lowest BCUT2D eigenvalue weighted by molar-refractivity contribution is -0.136. The van der Waals surface area contributed by atoms with Gasteiger partial charge in [0.25, 0.3) is 5.91 Å². The summed E-state index contributed by atoms with van der Waals surface area (Å²) >= 11 is 3.42. The summed E-state index contributed by atoms with van der Waals surface area (Å²) in [5.41, 5.74) is 2.05. The maximum Gasteiger partial charge on any atom is 0.255 e. The van der Waals surface area contributed by atoms with Gasteiger partial charge in [-0.25, -0.2) is 8.78 Å². The number of piperidine rings is 2. The highest BCUT2D eigenvalue weighted by atomic mass is 79.9. The average Bonchev–Trinajstić information content (AvgIpc) is 3.12. The Kier molecular flexibility index (Phi) is 6.43. The molecule has 2 fully saturated rings. The number of imide groups is 1. The van der Waals surface area contributed by atoms with Gasteiger partial charge in [0.15, 0.2) is 0 Å². The molecule has 0 spiro atoms. The summed E-state index contributed by atoms with van der Waals surface area (Å²) in [6.45, 7) is 3.75. The first-order chi connectivity index (χ1) is 16.7. The van der Waals surface area contributed by atoms with Crippen LogP contribution in [0.1, 0.15) is 64.3 Å². The normalized spacial score (nSPS) is 23.0. The van der Waals surface area contributed by atoms with E-state index in [1.54, 1.807) is 6.20 Å². The second kappa shape index (κ2) is 9.39. The number of nitrogens with one attached hydrogen (secondary N) is 1. The van der Waals surface area contributed by atoms with Crippen molar-refractivity contribution in [2.75, 3.05) is 13.1 Å². The zero-order chi connectivity index (χ0) is 24.9. The Morgan fingerprint density at radius 2 is 2.00 bits per heavy atom. The number of amides is 3. The summed E-state index contributed by atoms with van der Waals surface area (Å²) < 4.78 is 31.9. The molecule has 1 N–H and O–H groups in total. The van der Waals surface area contributed by atoms with Crippen molar-refractivity contribution in [3.05, 3.63) is 62.4 Å². The monoisotopic (exact) mass is 546 g/mol. The minimum Gasteiger partial charge on any atom is -0.322 e. The summed E-state index contributed by atoms with van der Waals surface area (Å²) in [5.74, 6) is -3.35. The Morgan fingerprint density at radius 3 is 2.74 bits per heavy atom. The second-order valence-corrected chi connectivity index (χ2v) is 10.4. The third-order valence-corrected chi connectivity index (χ3v) is 7.64. The molecule has 2 saturated heterocycles. The summed E-state index contributed by atoms with van der Waals surface area (Å²) in [4.78, 5) is 44.6. The Morgan fingerprint density at radius 1 is 1.20 bits per heavy atom. The maximum absolute atomic E-state index is 15.7. The molecule has 1 aromatic heterocycles. The quantitative estimate of drug-likeness (QED) is 0.593. The van der Waals surface area contributed by atoms with E-state index < -0.39 is 35.4 Å². The first kappa shape index (κ1) is 24.0. The van der Waals surface area contributed by atoms with Crippen molar-refractivity contribution in [2.24, 2.45) is 0 Å². The molecule has 3 aliphatic rings. The van der Waals surface area contributed by atoms with Gasteiger partial charge in [-0.15, -0.1) is 0 Å². The molecule has 2 unspecified atom stereocenters. The molecule has 7 nitrogen and oxygen atoms in total. The number of pyridine rings is 1. The van der Waals surface area contributed by atoms with E-state index >= 15 is 8.78 Å². The van der Waals surface area contributed by atoms with Gasteiger partial charge >= 0.3 is 0 Å². The van der Waals surface area contributed by atoms with Crippen LogP contribution in [0.5, 0.6) is 0 Å². The van der Waals surface area contributed by atoms with Crippen LogP contribution >= 0.6 is 15.9 Å². The molecule has 3 aliphatic heterocycles. The van der Waals surface area contributed by atoms with E-state index in [0.29, 0.717) is 19.5 Å². The van der Waals surface area contributed by atoms with E-state index in [-0.39, 0.29) is 42.0 Å². The van der Waals surface area contributed by atoms with Gasteiger partial charge in [0.05, 0.1) is 17.8 Å². The van der Waals surface area contributed by atoms with Crippen LogP contribution in [-0.2, 0) is 22.7 Å². The fourth-order valence-electron chi connectivity index (χ4n) is 5.41. The SMILES string of the molecule is Cc1cc(Br)cnc1CN1CCCC(c2c(F)cc3c(c2F)CN(C2CCC(=O)NC2=O)C3=O)C1. The molecule has 0 bridgehead atoms.